The van der Waals surface area contributed by atoms with Gasteiger partial charge in [0.2, 0.25) is 0 Å². The molecule has 1 aromatic carbocycles. The number of dihydropyridines is 1. The van der Waals surface area contributed by atoms with Crippen molar-refractivity contribution in [3.63, 3.8) is 0 Å². The molecule has 174 valence electrons. The van der Waals surface area contributed by atoms with E-state index in [0.29, 0.717) is 35.2 Å². The van der Waals surface area contributed by atoms with Gasteiger partial charge >= 0.3 is 5.97 Å². The first-order valence-electron chi connectivity index (χ1n) is 10.9. The van der Waals surface area contributed by atoms with Gasteiger partial charge in [0, 0.05) is 50.8 Å². The number of allylic oxidation sites excluding steroid dienone is 3. The second-order valence-corrected chi connectivity index (χ2v) is 9.93. The fraction of sp³-hybridized carbons (Fsp3) is 0.360. The summed E-state index contributed by atoms with van der Waals surface area (Å²) in [5, 5.41) is 5.28. The van der Waals surface area contributed by atoms with Crippen LogP contribution in [0.4, 0.5) is 4.39 Å². The van der Waals surface area contributed by atoms with E-state index in [1.54, 1.807) is 30.4 Å². The number of benzene rings is 1. The SMILES string of the molecule is CCOCCOC(=O)C1=C(C)NC2=C(C(=O)C[C@@H](c3cccs3)C2)[C@H]1c1cc(Br)ccc1F. The second kappa shape index (κ2) is 10.3. The summed E-state index contributed by atoms with van der Waals surface area (Å²) in [4.78, 5) is 27.8. The molecule has 2 heterocycles. The van der Waals surface area contributed by atoms with Gasteiger partial charge in [-0.25, -0.2) is 9.18 Å². The van der Waals surface area contributed by atoms with Crippen molar-refractivity contribution in [3.05, 3.63) is 79.0 Å². The third-order valence-electron chi connectivity index (χ3n) is 5.93. The highest BCUT2D eigenvalue weighted by Crippen LogP contribution is 2.47. The summed E-state index contributed by atoms with van der Waals surface area (Å²) in [7, 11) is 0. The van der Waals surface area contributed by atoms with E-state index in [1.165, 1.54) is 6.07 Å². The first kappa shape index (κ1) is 23.9. The van der Waals surface area contributed by atoms with Crippen LogP contribution in [-0.2, 0) is 19.1 Å². The average molecular weight is 534 g/mol. The number of rotatable bonds is 7. The molecule has 0 unspecified atom stereocenters. The number of hydrogen-bond acceptors (Lipinski definition) is 6. The zero-order chi connectivity index (χ0) is 23.5. The Morgan fingerprint density at radius 2 is 2.09 bits per heavy atom. The molecule has 0 saturated heterocycles. The molecular formula is C25H25BrFNO4S. The van der Waals surface area contributed by atoms with Crippen molar-refractivity contribution in [2.24, 2.45) is 0 Å². The molecule has 2 atom stereocenters. The number of ketones is 1. The highest BCUT2D eigenvalue weighted by molar-refractivity contribution is 9.10. The Morgan fingerprint density at radius 3 is 2.82 bits per heavy atom. The predicted molar refractivity (Wildman–Crippen MR) is 128 cm³/mol. The first-order chi connectivity index (χ1) is 15.9. The summed E-state index contributed by atoms with van der Waals surface area (Å²) in [6.45, 7) is 4.50. The van der Waals surface area contributed by atoms with Crippen molar-refractivity contribution < 1.29 is 23.5 Å². The Bertz CT molecular complexity index is 1130. The van der Waals surface area contributed by atoms with E-state index in [9.17, 15) is 9.59 Å². The lowest BCUT2D eigenvalue weighted by atomic mass is 9.72. The second-order valence-electron chi connectivity index (χ2n) is 8.03. The minimum absolute atomic E-state index is 0.0595. The molecule has 0 spiro atoms. The Balaban J connectivity index is 1.75. The van der Waals surface area contributed by atoms with Crippen LogP contribution in [0.15, 0.2) is 62.7 Å². The van der Waals surface area contributed by atoms with Crippen LogP contribution in [0.3, 0.4) is 0 Å². The highest BCUT2D eigenvalue weighted by atomic mass is 79.9. The van der Waals surface area contributed by atoms with Gasteiger partial charge in [0.05, 0.1) is 18.1 Å². The maximum Gasteiger partial charge on any atom is 0.336 e. The van der Waals surface area contributed by atoms with Gasteiger partial charge in [-0.15, -0.1) is 11.3 Å². The molecule has 0 bridgehead atoms. The molecule has 0 saturated carbocycles. The first-order valence-corrected chi connectivity index (χ1v) is 12.5. The number of hydrogen-bond donors (Lipinski definition) is 1. The van der Waals surface area contributed by atoms with Gasteiger partial charge in [-0.2, -0.15) is 0 Å². The predicted octanol–water partition coefficient (Wildman–Crippen LogP) is 5.59. The number of nitrogens with one attached hydrogen (secondary N) is 1. The summed E-state index contributed by atoms with van der Waals surface area (Å²) in [5.41, 5.74) is 2.29. The molecule has 1 aliphatic heterocycles. The summed E-state index contributed by atoms with van der Waals surface area (Å²) < 4.78 is 26.5. The number of halogens is 2. The molecule has 0 fully saturated rings. The van der Waals surface area contributed by atoms with Crippen LogP contribution in [0.5, 0.6) is 0 Å². The van der Waals surface area contributed by atoms with Crippen LogP contribution in [0, 0.1) is 5.82 Å². The van der Waals surface area contributed by atoms with E-state index in [4.69, 9.17) is 9.47 Å². The van der Waals surface area contributed by atoms with E-state index in [-0.39, 0.29) is 36.1 Å². The lowest BCUT2D eigenvalue weighted by molar-refractivity contribution is -0.140. The lowest BCUT2D eigenvalue weighted by Gasteiger charge is -2.36. The molecule has 2 aromatic rings. The minimum Gasteiger partial charge on any atom is -0.460 e. The van der Waals surface area contributed by atoms with Crippen molar-refractivity contribution >= 4 is 39.0 Å². The molecule has 1 N–H and O–H groups in total. The van der Waals surface area contributed by atoms with Gasteiger partial charge in [0.1, 0.15) is 12.4 Å². The van der Waals surface area contributed by atoms with Crippen LogP contribution in [0.25, 0.3) is 0 Å². The molecule has 4 rings (SSSR count). The molecule has 2 aliphatic rings. The Labute approximate surface area is 204 Å². The lowest BCUT2D eigenvalue weighted by Crippen LogP contribution is -2.36. The van der Waals surface area contributed by atoms with Gasteiger partial charge < -0.3 is 14.8 Å². The molecule has 5 nitrogen and oxygen atoms in total. The Kier molecular flexibility index (Phi) is 7.46. The number of esters is 1. The topological polar surface area (TPSA) is 64.6 Å². The third kappa shape index (κ3) is 4.98. The van der Waals surface area contributed by atoms with Gasteiger partial charge in [0.25, 0.3) is 0 Å². The van der Waals surface area contributed by atoms with Crippen LogP contribution < -0.4 is 5.32 Å². The van der Waals surface area contributed by atoms with E-state index < -0.39 is 17.7 Å². The molecule has 8 heteroatoms. The molecule has 0 amide bonds. The zero-order valence-corrected chi connectivity index (χ0v) is 20.9. The number of ether oxygens (including phenoxy) is 2. The van der Waals surface area contributed by atoms with E-state index in [1.807, 2.05) is 24.4 Å². The van der Waals surface area contributed by atoms with E-state index in [0.717, 1.165) is 10.6 Å². The van der Waals surface area contributed by atoms with Gasteiger partial charge in [-0.3, -0.25) is 4.79 Å². The maximum absolute atomic E-state index is 15.1. The van der Waals surface area contributed by atoms with Crippen LogP contribution in [-0.4, -0.2) is 31.6 Å². The molecule has 1 aromatic heterocycles. The van der Waals surface area contributed by atoms with Crippen molar-refractivity contribution in [2.45, 2.75) is 38.5 Å². The van der Waals surface area contributed by atoms with Crippen molar-refractivity contribution in [1.29, 1.82) is 0 Å². The minimum atomic E-state index is -0.838. The normalized spacial score (nSPS) is 20.5. The average Bonchev–Trinajstić information content (AvgIpc) is 3.32. The highest BCUT2D eigenvalue weighted by Gasteiger charge is 2.42. The van der Waals surface area contributed by atoms with Gasteiger partial charge in [-0.05, 0) is 49.9 Å². The zero-order valence-electron chi connectivity index (χ0n) is 18.5. The van der Waals surface area contributed by atoms with Gasteiger partial charge in [0.15, 0.2) is 5.78 Å². The fourth-order valence-corrected chi connectivity index (χ4v) is 5.71. The summed E-state index contributed by atoms with van der Waals surface area (Å²) >= 11 is 5.03. The van der Waals surface area contributed by atoms with E-state index in [2.05, 4.69) is 21.2 Å². The number of carbonyl (C=O) groups is 2. The quantitative estimate of drug-likeness (QED) is 0.371. The summed E-state index contributed by atoms with van der Waals surface area (Å²) in [5.74, 6) is -1.92. The van der Waals surface area contributed by atoms with Crippen LogP contribution in [0.1, 0.15) is 49.0 Å². The Hall–Kier alpha value is -2.29. The smallest absolute Gasteiger partial charge is 0.336 e. The number of thiophene rings is 1. The van der Waals surface area contributed by atoms with Crippen molar-refractivity contribution in [1.82, 2.24) is 5.32 Å². The number of carbonyl (C=O) groups excluding carboxylic acids is 2. The van der Waals surface area contributed by atoms with Crippen molar-refractivity contribution in [3.8, 4) is 0 Å². The molecule has 33 heavy (non-hydrogen) atoms. The van der Waals surface area contributed by atoms with Gasteiger partial charge in [-0.1, -0.05) is 22.0 Å². The maximum atomic E-state index is 15.1. The van der Waals surface area contributed by atoms with E-state index >= 15 is 4.39 Å². The number of Topliss-reactive ketones (excluding diaryl/α,β-unsaturated/α-hetero) is 1. The monoisotopic (exact) mass is 533 g/mol. The van der Waals surface area contributed by atoms with Crippen LogP contribution >= 0.6 is 27.3 Å². The summed E-state index contributed by atoms with van der Waals surface area (Å²) in [6.07, 6.45) is 0.941. The molecular weight excluding hydrogens is 509 g/mol. The largest absolute Gasteiger partial charge is 0.460 e. The molecule has 0 radical (unpaired) electrons. The van der Waals surface area contributed by atoms with Crippen LogP contribution in [0.2, 0.25) is 0 Å². The fourth-order valence-electron chi connectivity index (χ4n) is 4.50. The standard InChI is InChI=1S/C25H25BrFNO4S/c1-3-31-8-9-32-25(30)22-14(2)28-19-11-15(21-5-4-10-33-21)12-20(29)24(19)23(22)17-13-16(26)6-7-18(17)27/h4-7,10,13,15,23,28H,3,8-9,11-12H2,1-2H3/t15-,23-/m0/s1. The summed E-state index contributed by atoms with van der Waals surface area (Å²) in [6, 6.07) is 8.59. The van der Waals surface area contributed by atoms with Crippen molar-refractivity contribution in [2.75, 3.05) is 19.8 Å². The molecule has 1 aliphatic carbocycles. The third-order valence-corrected chi connectivity index (χ3v) is 7.46. The Morgan fingerprint density at radius 1 is 1.27 bits per heavy atom.